The van der Waals surface area contributed by atoms with Gasteiger partial charge in [0.2, 0.25) is 0 Å². The van der Waals surface area contributed by atoms with E-state index < -0.39 is 0 Å². The first-order valence-electron chi connectivity index (χ1n) is 6.65. The maximum absolute atomic E-state index is 11.9. The highest BCUT2D eigenvalue weighted by Crippen LogP contribution is 2.21. The summed E-state index contributed by atoms with van der Waals surface area (Å²) in [4.78, 5) is 17.3. The Hall–Kier alpha value is -2.14. The molecule has 1 N–H and O–H groups in total. The van der Waals surface area contributed by atoms with Crippen LogP contribution >= 0.6 is 11.3 Å². The van der Waals surface area contributed by atoms with Crippen LogP contribution in [0.5, 0.6) is 5.75 Å². The highest BCUT2D eigenvalue weighted by Gasteiger charge is 2.09. The molecule has 4 nitrogen and oxygen atoms in total. The minimum absolute atomic E-state index is 0.0359. The summed E-state index contributed by atoms with van der Waals surface area (Å²) in [6.07, 6.45) is 2.52. The van der Waals surface area contributed by atoms with Crippen molar-refractivity contribution in [1.82, 2.24) is 4.98 Å². The van der Waals surface area contributed by atoms with Gasteiger partial charge in [0.15, 0.2) is 11.7 Å². The lowest BCUT2D eigenvalue weighted by Crippen LogP contribution is -2.20. The molecule has 1 aromatic carbocycles. The molecule has 0 aliphatic heterocycles. The molecule has 0 spiro atoms. The molecule has 0 unspecified atom stereocenters. The van der Waals surface area contributed by atoms with Gasteiger partial charge in [0.1, 0.15) is 5.75 Å². The van der Waals surface area contributed by atoms with Crippen molar-refractivity contribution in [3.05, 3.63) is 53.1 Å². The van der Waals surface area contributed by atoms with E-state index in [0.717, 1.165) is 16.1 Å². The minimum Gasteiger partial charge on any atom is -0.483 e. The normalized spacial score (nSPS) is 10.2. The van der Waals surface area contributed by atoms with Crippen molar-refractivity contribution in [3.8, 4) is 5.75 Å². The molecule has 0 atom stereocenters. The molecule has 0 aliphatic rings. The summed E-state index contributed by atoms with van der Waals surface area (Å²) in [6.45, 7) is 7.58. The molecule has 0 radical (unpaired) electrons. The molecule has 0 saturated heterocycles. The van der Waals surface area contributed by atoms with Gasteiger partial charge in [-0.2, -0.15) is 0 Å². The fourth-order valence-electron chi connectivity index (χ4n) is 1.79. The predicted octanol–water partition coefficient (Wildman–Crippen LogP) is 3.51. The molecule has 1 heterocycles. The van der Waals surface area contributed by atoms with Gasteiger partial charge in [-0.15, -0.1) is 17.9 Å². The molecule has 0 bridgehead atoms. The Bertz CT molecular complexity index is 630. The van der Waals surface area contributed by atoms with Crippen molar-refractivity contribution < 1.29 is 9.53 Å². The largest absolute Gasteiger partial charge is 0.483 e. The minimum atomic E-state index is -0.211. The van der Waals surface area contributed by atoms with Crippen LogP contribution in [-0.4, -0.2) is 17.5 Å². The van der Waals surface area contributed by atoms with Crippen LogP contribution in [0.1, 0.15) is 16.1 Å². The van der Waals surface area contributed by atoms with Crippen LogP contribution < -0.4 is 10.1 Å². The van der Waals surface area contributed by atoms with E-state index in [1.54, 1.807) is 0 Å². The van der Waals surface area contributed by atoms with Gasteiger partial charge < -0.3 is 4.74 Å². The fourth-order valence-corrected chi connectivity index (χ4v) is 2.62. The number of aryl methyl sites for hydroxylation is 2. The van der Waals surface area contributed by atoms with Crippen molar-refractivity contribution in [3.63, 3.8) is 0 Å². The molecular weight excluding hydrogens is 284 g/mol. The van der Waals surface area contributed by atoms with Crippen molar-refractivity contribution in [1.29, 1.82) is 0 Å². The maximum Gasteiger partial charge on any atom is 0.264 e. The van der Waals surface area contributed by atoms with Crippen LogP contribution in [0.3, 0.4) is 0 Å². The monoisotopic (exact) mass is 302 g/mol. The number of hydrogen-bond donors (Lipinski definition) is 1. The number of rotatable bonds is 6. The fraction of sp³-hybridized carbons (Fsp3) is 0.250. The van der Waals surface area contributed by atoms with Crippen molar-refractivity contribution in [2.24, 2.45) is 0 Å². The molecule has 0 saturated carbocycles. The van der Waals surface area contributed by atoms with Crippen molar-refractivity contribution >= 4 is 22.4 Å². The van der Waals surface area contributed by atoms with E-state index >= 15 is 0 Å². The van der Waals surface area contributed by atoms with Gasteiger partial charge in [-0.25, -0.2) is 4.98 Å². The van der Waals surface area contributed by atoms with Gasteiger partial charge in [0.25, 0.3) is 5.91 Å². The summed E-state index contributed by atoms with van der Waals surface area (Å²) in [5.41, 5.74) is 1.95. The van der Waals surface area contributed by atoms with Crippen LogP contribution in [0, 0.1) is 13.8 Å². The number of thiazole rings is 1. The van der Waals surface area contributed by atoms with E-state index in [-0.39, 0.29) is 12.5 Å². The second kappa shape index (κ2) is 7.04. The molecule has 2 aromatic rings. The third-order valence-corrected chi connectivity index (χ3v) is 3.96. The average molecular weight is 302 g/mol. The topological polar surface area (TPSA) is 51.2 Å². The molecule has 0 fully saturated rings. The Morgan fingerprint density at radius 3 is 2.86 bits per heavy atom. The number of nitrogens with zero attached hydrogens (tertiary/aromatic N) is 1. The number of benzene rings is 1. The first kappa shape index (κ1) is 15.3. The van der Waals surface area contributed by atoms with E-state index in [1.807, 2.05) is 44.2 Å². The van der Waals surface area contributed by atoms with E-state index in [1.165, 1.54) is 11.3 Å². The maximum atomic E-state index is 11.9. The van der Waals surface area contributed by atoms with E-state index in [9.17, 15) is 4.79 Å². The molecule has 1 amide bonds. The van der Waals surface area contributed by atoms with Gasteiger partial charge in [0.05, 0.1) is 5.69 Å². The first-order valence-corrected chi connectivity index (χ1v) is 7.47. The second-order valence-electron chi connectivity index (χ2n) is 4.60. The Kier molecular flexibility index (Phi) is 5.11. The summed E-state index contributed by atoms with van der Waals surface area (Å²) >= 11 is 1.46. The van der Waals surface area contributed by atoms with Crippen LogP contribution in [0.4, 0.5) is 5.13 Å². The van der Waals surface area contributed by atoms with E-state index in [2.05, 4.69) is 16.9 Å². The van der Waals surface area contributed by atoms with Gasteiger partial charge in [-0.3, -0.25) is 10.1 Å². The molecule has 2 rings (SSSR count). The number of para-hydroxylation sites is 1. The molecule has 1 aromatic heterocycles. The molecule has 21 heavy (non-hydrogen) atoms. The smallest absolute Gasteiger partial charge is 0.264 e. The summed E-state index contributed by atoms with van der Waals surface area (Å²) in [5, 5.41) is 3.36. The number of aromatic nitrogens is 1. The Morgan fingerprint density at radius 1 is 1.43 bits per heavy atom. The lowest BCUT2D eigenvalue weighted by atomic mass is 10.1. The SMILES string of the molecule is C=CCc1ccccc1OCC(=O)Nc1nc(C)c(C)s1. The molecule has 110 valence electrons. The van der Waals surface area contributed by atoms with Crippen LogP contribution in [0.25, 0.3) is 0 Å². The molecule has 5 heteroatoms. The van der Waals surface area contributed by atoms with E-state index in [0.29, 0.717) is 17.3 Å². The van der Waals surface area contributed by atoms with Gasteiger partial charge in [0, 0.05) is 4.88 Å². The lowest BCUT2D eigenvalue weighted by Gasteiger charge is -2.09. The summed E-state index contributed by atoms with van der Waals surface area (Å²) in [6, 6.07) is 7.63. The lowest BCUT2D eigenvalue weighted by molar-refractivity contribution is -0.118. The third kappa shape index (κ3) is 4.16. The first-order chi connectivity index (χ1) is 10.1. The van der Waals surface area contributed by atoms with Crippen LogP contribution in [-0.2, 0) is 11.2 Å². The quantitative estimate of drug-likeness (QED) is 0.831. The zero-order valence-corrected chi connectivity index (χ0v) is 13.0. The second-order valence-corrected chi connectivity index (χ2v) is 5.80. The summed E-state index contributed by atoms with van der Waals surface area (Å²) in [5.74, 6) is 0.496. The number of carbonyl (C=O) groups is 1. The van der Waals surface area contributed by atoms with Gasteiger partial charge in [-0.05, 0) is 31.9 Å². The highest BCUT2D eigenvalue weighted by atomic mass is 32.1. The van der Waals surface area contributed by atoms with Gasteiger partial charge in [-0.1, -0.05) is 24.3 Å². The van der Waals surface area contributed by atoms with Crippen molar-refractivity contribution in [2.75, 3.05) is 11.9 Å². The number of amides is 1. The Balaban J connectivity index is 1.93. The zero-order chi connectivity index (χ0) is 15.2. The van der Waals surface area contributed by atoms with Crippen molar-refractivity contribution in [2.45, 2.75) is 20.3 Å². The summed E-state index contributed by atoms with van der Waals surface area (Å²) < 4.78 is 5.58. The highest BCUT2D eigenvalue weighted by molar-refractivity contribution is 7.15. The van der Waals surface area contributed by atoms with Gasteiger partial charge >= 0.3 is 0 Å². The number of carbonyl (C=O) groups excluding carboxylic acids is 1. The number of nitrogens with one attached hydrogen (secondary N) is 1. The number of ether oxygens (including phenoxy) is 1. The Morgan fingerprint density at radius 2 is 2.19 bits per heavy atom. The zero-order valence-electron chi connectivity index (χ0n) is 12.2. The Labute approximate surface area is 128 Å². The summed E-state index contributed by atoms with van der Waals surface area (Å²) in [7, 11) is 0. The predicted molar refractivity (Wildman–Crippen MR) is 86.1 cm³/mol. The number of hydrogen-bond acceptors (Lipinski definition) is 4. The average Bonchev–Trinajstić information content (AvgIpc) is 2.76. The number of allylic oxidation sites excluding steroid dienone is 1. The number of anilines is 1. The van der Waals surface area contributed by atoms with E-state index in [4.69, 9.17) is 4.74 Å². The standard InChI is InChI=1S/C16H18N2O2S/c1-4-7-13-8-5-6-9-14(13)20-10-15(19)18-16-17-11(2)12(3)21-16/h4-6,8-9H,1,7,10H2,2-3H3,(H,17,18,19). The third-order valence-electron chi connectivity index (χ3n) is 2.97. The van der Waals surface area contributed by atoms with Crippen LogP contribution in [0.15, 0.2) is 36.9 Å². The molecule has 0 aliphatic carbocycles. The molecular formula is C16H18N2O2S. The van der Waals surface area contributed by atoms with Crippen LogP contribution in [0.2, 0.25) is 0 Å².